The number of amides is 1. The first kappa shape index (κ1) is 15.4. The number of rotatable bonds is 5. The molecule has 1 saturated carbocycles. The summed E-state index contributed by atoms with van der Waals surface area (Å²) in [5.74, 6) is 0.421. The maximum atomic E-state index is 12.4. The van der Waals surface area contributed by atoms with Crippen LogP contribution in [0.5, 0.6) is 5.75 Å². The quantitative estimate of drug-likeness (QED) is 0.745. The highest BCUT2D eigenvalue weighted by molar-refractivity contribution is 5.97. The number of nitrogens with one attached hydrogen (secondary N) is 2. The van der Waals surface area contributed by atoms with Crippen LogP contribution in [0.25, 0.3) is 11.0 Å². The largest absolute Gasteiger partial charge is 0.495 e. The van der Waals surface area contributed by atoms with Gasteiger partial charge in [-0.05, 0) is 37.1 Å². The van der Waals surface area contributed by atoms with E-state index < -0.39 is 0 Å². The maximum Gasteiger partial charge on any atom is 0.326 e. The van der Waals surface area contributed by atoms with Crippen LogP contribution in [-0.4, -0.2) is 27.6 Å². The highest BCUT2D eigenvalue weighted by Crippen LogP contribution is 2.35. The van der Waals surface area contributed by atoms with E-state index in [4.69, 9.17) is 4.74 Å². The molecule has 128 valence electrons. The molecule has 1 aromatic carbocycles. The molecule has 0 spiro atoms. The zero-order valence-electron chi connectivity index (χ0n) is 13.8. The number of nitrogens with zero attached hydrogens (tertiary/aromatic N) is 2. The van der Waals surface area contributed by atoms with E-state index >= 15 is 0 Å². The smallest absolute Gasteiger partial charge is 0.326 e. The number of H-pyrrole nitrogens is 1. The Hall–Kier alpha value is -3.09. The van der Waals surface area contributed by atoms with Gasteiger partial charge in [0, 0.05) is 29.9 Å². The van der Waals surface area contributed by atoms with Crippen molar-refractivity contribution in [3.05, 3.63) is 58.3 Å². The van der Waals surface area contributed by atoms with Crippen LogP contribution >= 0.6 is 0 Å². The van der Waals surface area contributed by atoms with E-state index in [1.807, 2.05) is 6.07 Å². The van der Waals surface area contributed by atoms with E-state index in [0.717, 1.165) is 23.9 Å². The number of hydrogen-bond acceptors (Lipinski definition) is 4. The van der Waals surface area contributed by atoms with Gasteiger partial charge in [0.25, 0.3) is 5.91 Å². The highest BCUT2D eigenvalue weighted by Gasteiger charge is 2.27. The van der Waals surface area contributed by atoms with Crippen LogP contribution in [0, 0.1) is 0 Å². The molecule has 0 atom stereocenters. The molecule has 0 radical (unpaired) electrons. The zero-order valence-corrected chi connectivity index (χ0v) is 13.8. The second-order valence-electron chi connectivity index (χ2n) is 6.13. The van der Waals surface area contributed by atoms with Crippen LogP contribution in [0.3, 0.4) is 0 Å². The van der Waals surface area contributed by atoms with Crippen LogP contribution in [0.2, 0.25) is 0 Å². The SMILES string of the molecule is COc1cnccc1CNC(=O)c1ccc2c(c1)[nH]c(=O)n2C1CC1. The first-order valence-corrected chi connectivity index (χ1v) is 8.16. The Morgan fingerprint density at radius 2 is 2.24 bits per heavy atom. The Kier molecular flexibility index (Phi) is 3.76. The Bertz CT molecular complexity index is 1000. The van der Waals surface area contributed by atoms with E-state index in [0.29, 0.717) is 29.4 Å². The molecule has 3 aromatic rings. The van der Waals surface area contributed by atoms with Crippen molar-refractivity contribution < 1.29 is 9.53 Å². The number of aromatic amines is 1. The number of carbonyl (C=O) groups excluding carboxylic acids is 1. The molecule has 1 aliphatic rings. The summed E-state index contributed by atoms with van der Waals surface area (Å²) in [6.45, 7) is 0.335. The molecular formula is C18H18N4O3. The zero-order chi connectivity index (χ0) is 17.4. The Morgan fingerprint density at radius 3 is 3.00 bits per heavy atom. The first-order chi connectivity index (χ1) is 12.2. The molecule has 4 rings (SSSR count). The van der Waals surface area contributed by atoms with Gasteiger partial charge in [0.15, 0.2) is 0 Å². The van der Waals surface area contributed by atoms with Gasteiger partial charge in [-0.1, -0.05) is 0 Å². The summed E-state index contributed by atoms with van der Waals surface area (Å²) in [7, 11) is 1.57. The Morgan fingerprint density at radius 1 is 1.40 bits per heavy atom. The molecule has 0 saturated heterocycles. The van der Waals surface area contributed by atoms with E-state index in [9.17, 15) is 9.59 Å². The van der Waals surface area contributed by atoms with Gasteiger partial charge < -0.3 is 15.0 Å². The van der Waals surface area contributed by atoms with E-state index in [2.05, 4.69) is 15.3 Å². The third-order valence-corrected chi connectivity index (χ3v) is 4.42. The standard InChI is InChI=1S/C18H18N4O3/c1-25-16-10-19-7-6-12(16)9-20-17(23)11-2-5-15-14(8-11)21-18(24)22(15)13-3-4-13/h2,5-8,10,13H,3-4,9H2,1H3,(H,20,23)(H,21,24). The molecule has 1 amide bonds. The molecule has 25 heavy (non-hydrogen) atoms. The minimum atomic E-state index is -0.208. The van der Waals surface area contributed by atoms with Crippen molar-refractivity contribution in [3.63, 3.8) is 0 Å². The predicted molar refractivity (Wildman–Crippen MR) is 92.8 cm³/mol. The molecule has 0 aliphatic heterocycles. The number of imidazole rings is 1. The average molecular weight is 338 g/mol. The number of hydrogen-bond donors (Lipinski definition) is 2. The lowest BCUT2D eigenvalue weighted by atomic mass is 10.1. The van der Waals surface area contributed by atoms with Crippen LogP contribution in [-0.2, 0) is 6.54 Å². The summed E-state index contributed by atoms with van der Waals surface area (Å²) >= 11 is 0. The van der Waals surface area contributed by atoms with E-state index in [-0.39, 0.29) is 11.6 Å². The minimum Gasteiger partial charge on any atom is -0.495 e. The van der Waals surface area contributed by atoms with Crippen LogP contribution in [0.1, 0.15) is 34.8 Å². The van der Waals surface area contributed by atoms with Crippen LogP contribution in [0.15, 0.2) is 41.5 Å². The first-order valence-electron chi connectivity index (χ1n) is 8.16. The third-order valence-electron chi connectivity index (χ3n) is 4.42. The summed E-state index contributed by atoms with van der Waals surface area (Å²) in [6.07, 6.45) is 5.33. The number of pyridine rings is 1. The summed E-state index contributed by atoms with van der Waals surface area (Å²) in [5, 5.41) is 2.87. The van der Waals surface area contributed by atoms with Gasteiger partial charge in [0.05, 0.1) is 24.3 Å². The van der Waals surface area contributed by atoms with Crippen molar-refractivity contribution >= 4 is 16.9 Å². The maximum absolute atomic E-state index is 12.4. The monoisotopic (exact) mass is 338 g/mol. The fraction of sp³-hybridized carbons (Fsp3) is 0.278. The molecule has 0 unspecified atom stereocenters. The molecular weight excluding hydrogens is 320 g/mol. The highest BCUT2D eigenvalue weighted by atomic mass is 16.5. The van der Waals surface area contributed by atoms with E-state index in [1.54, 1.807) is 42.3 Å². The minimum absolute atomic E-state index is 0.114. The fourth-order valence-corrected chi connectivity index (χ4v) is 2.98. The number of ether oxygens (including phenoxy) is 1. The van der Waals surface area contributed by atoms with Gasteiger partial charge in [-0.2, -0.15) is 0 Å². The topological polar surface area (TPSA) is 89.0 Å². The van der Waals surface area contributed by atoms with Crippen molar-refractivity contribution in [2.45, 2.75) is 25.4 Å². The third kappa shape index (κ3) is 2.88. The number of carbonyl (C=O) groups is 1. The molecule has 7 heteroatoms. The summed E-state index contributed by atoms with van der Waals surface area (Å²) in [4.78, 5) is 31.3. The predicted octanol–water partition coefficient (Wildman–Crippen LogP) is 2.00. The van der Waals surface area contributed by atoms with Crippen LogP contribution in [0.4, 0.5) is 0 Å². The number of aromatic nitrogens is 3. The fourth-order valence-electron chi connectivity index (χ4n) is 2.98. The van der Waals surface area contributed by atoms with Crippen molar-refractivity contribution in [2.24, 2.45) is 0 Å². The second-order valence-corrected chi connectivity index (χ2v) is 6.13. The molecule has 2 heterocycles. The van der Waals surface area contributed by atoms with Gasteiger partial charge in [-0.3, -0.25) is 14.3 Å². The Labute approximate surface area is 143 Å². The molecule has 2 aromatic heterocycles. The lowest BCUT2D eigenvalue weighted by Crippen LogP contribution is -2.23. The molecule has 0 bridgehead atoms. The van der Waals surface area contributed by atoms with Crippen molar-refractivity contribution in [3.8, 4) is 5.75 Å². The van der Waals surface area contributed by atoms with Gasteiger partial charge in [-0.25, -0.2) is 4.79 Å². The van der Waals surface area contributed by atoms with Gasteiger partial charge in [0.1, 0.15) is 5.75 Å². The second kappa shape index (κ2) is 6.08. The van der Waals surface area contributed by atoms with Crippen molar-refractivity contribution in [1.82, 2.24) is 19.9 Å². The van der Waals surface area contributed by atoms with Crippen molar-refractivity contribution in [2.75, 3.05) is 7.11 Å². The Balaban J connectivity index is 1.55. The van der Waals surface area contributed by atoms with Crippen molar-refractivity contribution in [1.29, 1.82) is 0 Å². The van der Waals surface area contributed by atoms with Gasteiger partial charge >= 0.3 is 5.69 Å². The lowest BCUT2D eigenvalue weighted by Gasteiger charge is -2.09. The van der Waals surface area contributed by atoms with E-state index in [1.165, 1.54) is 0 Å². The lowest BCUT2D eigenvalue weighted by molar-refractivity contribution is 0.0951. The summed E-state index contributed by atoms with van der Waals surface area (Å²) < 4.78 is 7.01. The number of benzene rings is 1. The summed E-state index contributed by atoms with van der Waals surface area (Å²) in [6, 6.07) is 7.38. The summed E-state index contributed by atoms with van der Waals surface area (Å²) in [5.41, 5.74) is 2.77. The number of fused-ring (bicyclic) bond motifs is 1. The normalized spacial score (nSPS) is 13.8. The van der Waals surface area contributed by atoms with Crippen LogP contribution < -0.4 is 15.7 Å². The van der Waals surface area contributed by atoms with Gasteiger partial charge in [-0.15, -0.1) is 0 Å². The molecule has 1 fully saturated rings. The molecule has 7 nitrogen and oxygen atoms in total. The van der Waals surface area contributed by atoms with Gasteiger partial charge in [0.2, 0.25) is 0 Å². The molecule has 2 N–H and O–H groups in total. The molecule has 1 aliphatic carbocycles. The number of methoxy groups -OCH3 is 1. The average Bonchev–Trinajstić information content (AvgIpc) is 3.41.